The highest BCUT2D eigenvalue weighted by Crippen LogP contribution is 2.22. The summed E-state index contributed by atoms with van der Waals surface area (Å²) in [5.74, 6) is -0.705. The van der Waals surface area contributed by atoms with E-state index < -0.39 is 5.97 Å². The number of nitrogens with one attached hydrogen (secondary N) is 2. The van der Waals surface area contributed by atoms with Gasteiger partial charge in [-0.15, -0.1) is 0 Å². The Balaban J connectivity index is 1.74. The number of carbonyl (C=O) groups is 2. The molecule has 1 heterocycles. The predicted octanol–water partition coefficient (Wildman–Crippen LogP) is 4.43. The van der Waals surface area contributed by atoms with E-state index in [1.54, 1.807) is 36.5 Å². The molecule has 2 N–H and O–H groups in total. The van der Waals surface area contributed by atoms with Crippen LogP contribution in [0.15, 0.2) is 66.9 Å². The van der Waals surface area contributed by atoms with Crippen molar-refractivity contribution >= 4 is 28.9 Å². The molecule has 2 aromatic carbocycles. The van der Waals surface area contributed by atoms with E-state index >= 15 is 0 Å². The highest BCUT2D eigenvalue weighted by atomic mass is 16.5. The zero-order valence-electron chi connectivity index (χ0n) is 15.7. The van der Waals surface area contributed by atoms with Gasteiger partial charge < -0.3 is 15.4 Å². The molecule has 0 unspecified atom stereocenters. The van der Waals surface area contributed by atoms with E-state index in [0.29, 0.717) is 22.6 Å². The first-order valence-corrected chi connectivity index (χ1v) is 8.92. The third-order valence-corrected chi connectivity index (χ3v) is 4.25. The molecule has 0 spiro atoms. The first-order valence-electron chi connectivity index (χ1n) is 8.92. The molecule has 0 bridgehead atoms. The van der Waals surface area contributed by atoms with Gasteiger partial charge in [-0.3, -0.25) is 4.79 Å². The quantitative estimate of drug-likeness (QED) is 0.623. The Morgan fingerprint density at radius 1 is 0.964 bits per heavy atom. The van der Waals surface area contributed by atoms with E-state index in [4.69, 9.17) is 4.74 Å². The molecule has 0 saturated carbocycles. The molecule has 3 rings (SSSR count). The van der Waals surface area contributed by atoms with Crippen LogP contribution in [0.2, 0.25) is 0 Å². The van der Waals surface area contributed by atoms with Gasteiger partial charge in [0.15, 0.2) is 0 Å². The zero-order valence-corrected chi connectivity index (χ0v) is 15.7. The van der Waals surface area contributed by atoms with Gasteiger partial charge in [0, 0.05) is 5.69 Å². The minimum absolute atomic E-state index is 0.276. The maximum absolute atomic E-state index is 12.5. The summed E-state index contributed by atoms with van der Waals surface area (Å²) in [6, 6.07) is 18.1. The Bertz CT molecular complexity index is 984. The fraction of sp³-hybridized carbons (Fsp3) is 0.136. The average molecular weight is 375 g/mol. The van der Waals surface area contributed by atoms with Gasteiger partial charge >= 0.3 is 5.97 Å². The summed E-state index contributed by atoms with van der Waals surface area (Å²) in [5.41, 5.74) is 3.83. The smallest absolute Gasteiger partial charge is 0.339 e. The normalized spacial score (nSPS) is 10.2. The van der Waals surface area contributed by atoms with E-state index in [1.807, 2.05) is 37.3 Å². The lowest BCUT2D eigenvalue weighted by Gasteiger charge is -2.11. The van der Waals surface area contributed by atoms with Crippen LogP contribution in [0.1, 0.15) is 33.3 Å². The number of hydrogen-bond acceptors (Lipinski definition) is 5. The zero-order chi connectivity index (χ0) is 19.9. The Hall–Kier alpha value is -3.67. The van der Waals surface area contributed by atoms with Crippen molar-refractivity contribution in [1.29, 1.82) is 0 Å². The predicted molar refractivity (Wildman–Crippen MR) is 109 cm³/mol. The minimum atomic E-state index is -0.429. The van der Waals surface area contributed by atoms with Crippen molar-refractivity contribution in [2.24, 2.45) is 0 Å². The SMILES string of the molecule is CCc1ccccc1NC(=O)c1ccc(Nc2ccccc2C(=O)OC)cn1. The van der Waals surface area contributed by atoms with Crippen LogP contribution >= 0.6 is 0 Å². The molecule has 3 aromatic rings. The number of carbonyl (C=O) groups excluding carboxylic acids is 2. The number of pyridine rings is 1. The van der Waals surface area contributed by atoms with Crippen molar-refractivity contribution in [1.82, 2.24) is 4.98 Å². The molecule has 6 heteroatoms. The number of hydrogen-bond donors (Lipinski definition) is 2. The fourth-order valence-corrected chi connectivity index (χ4v) is 2.77. The van der Waals surface area contributed by atoms with Gasteiger partial charge in [0.1, 0.15) is 5.69 Å². The summed E-state index contributed by atoms with van der Waals surface area (Å²) >= 11 is 0. The number of benzene rings is 2. The summed E-state index contributed by atoms with van der Waals surface area (Å²) in [5, 5.41) is 6.02. The molecule has 0 fully saturated rings. The van der Waals surface area contributed by atoms with Gasteiger partial charge in [-0.05, 0) is 42.3 Å². The number of ether oxygens (including phenoxy) is 1. The number of para-hydroxylation sites is 2. The van der Waals surface area contributed by atoms with Crippen molar-refractivity contribution in [2.75, 3.05) is 17.7 Å². The van der Waals surface area contributed by atoms with Crippen LogP contribution in [-0.4, -0.2) is 24.0 Å². The summed E-state index contributed by atoms with van der Waals surface area (Å²) in [4.78, 5) is 28.6. The summed E-state index contributed by atoms with van der Waals surface area (Å²) in [6.07, 6.45) is 2.38. The first-order chi connectivity index (χ1) is 13.6. The number of anilines is 3. The third kappa shape index (κ3) is 4.35. The second-order valence-electron chi connectivity index (χ2n) is 6.06. The van der Waals surface area contributed by atoms with Crippen LogP contribution in [0.4, 0.5) is 17.1 Å². The van der Waals surface area contributed by atoms with E-state index in [0.717, 1.165) is 17.7 Å². The number of amides is 1. The molecule has 1 aromatic heterocycles. The lowest BCUT2D eigenvalue weighted by atomic mass is 10.1. The molecule has 0 aliphatic carbocycles. The van der Waals surface area contributed by atoms with Crippen LogP contribution in [0.5, 0.6) is 0 Å². The molecule has 1 amide bonds. The number of methoxy groups -OCH3 is 1. The standard InChI is InChI=1S/C22H21N3O3/c1-3-15-8-4-6-10-18(15)25-21(26)20-13-12-16(14-23-20)24-19-11-7-5-9-17(19)22(27)28-2/h4-14,24H,3H2,1-2H3,(H,25,26). The maximum atomic E-state index is 12.5. The summed E-state index contributed by atoms with van der Waals surface area (Å²) in [6.45, 7) is 2.04. The molecule has 0 atom stereocenters. The molecule has 0 saturated heterocycles. The number of aromatic nitrogens is 1. The Kier molecular flexibility index (Phi) is 6.01. The largest absolute Gasteiger partial charge is 0.465 e. The number of aryl methyl sites for hydroxylation is 1. The molecule has 6 nitrogen and oxygen atoms in total. The highest BCUT2D eigenvalue weighted by Gasteiger charge is 2.12. The lowest BCUT2D eigenvalue weighted by molar-refractivity contribution is 0.0601. The van der Waals surface area contributed by atoms with E-state index in [2.05, 4.69) is 15.6 Å². The van der Waals surface area contributed by atoms with Gasteiger partial charge in [-0.2, -0.15) is 0 Å². The summed E-state index contributed by atoms with van der Waals surface area (Å²) in [7, 11) is 1.34. The molecule has 0 aliphatic heterocycles. The van der Waals surface area contributed by atoms with Crippen LogP contribution in [0, 0.1) is 0 Å². The van der Waals surface area contributed by atoms with Crippen LogP contribution in [0.3, 0.4) is 0 Å². The Morgan fingerprint density at radius 2 is 1.68 bits per heavy atom. The molecular formula is C22H21N3O3. The second kappa shape index (κ2) is 8.81. The van der Waals surface area contributed by atoms with Gasteiger partial charge in [0.25, 0.3) is 5.91 Å². The Morgan fingerprint density at radius 3 is 2.36 bits per heavy atom. The molecule has 142 valence electrons. The third-order valence-electron chi connectivity index (χ3n) is 4.25. The first kappa shape index (κ1) is 19.1. The molecular weight excluding hydrogens is 354 g/mol. The summed E-state index contributed by atoms with van der Waals surface area (Å²) < 4.78 is 4.79. The van der Waals surface area contributed by atoms with Gasteiger partial charge in [-0.25, -0.2) is 9.78 Å². The number of esters is 1. The number of nitrogens with zero attached hydrogens (tertiary/aromatic N) is 1. The van der Waals surface area contributed by atoms with Crippen molar-refractivity contribution in [3.05, 3.63) is 83.7 Å². The van der Waals surface area contributed by atoms with Gasteiger partial charge in [-0.1, -0.05) is 37.3 Å². The van der Waals surface area contributed by atoms with Gasteiger partial charge in [0.05, 0.1) is 30.2 Å². The van der Waals surface area contributed by atoms with Crippen molar-refractivity contribution in [2.45, 2.75) is 13.3 Å². The van der Waals surface area contributed by atoms with Crippen LogP contribution in [0.25, 0.3) is 0 Å². The topological polar surface area (TPSA) is 80.3 Å². The van der Waals surface area contributed by atoms with E-state index in [9.17, 15) is 9.59 Å². The minimum Gasteiger partial charge on any atom is -0.465 e. The maximum Gasteiger partial charge on any atom is 0.339 e. The lowest BCUT2D eigenvalue weighted by Crippen LogP contribution is -2.14. The van der Waals surface area contributed by atoms with Crippen molar-refractivity contribution in [3.63, 3.8) is 0 Å². The van der Waals surface area contributed by atoms with Crippen LogP contribution < -0.4 is 10.6 Å². The number of rotatable bonds is 6. The Labute approximate surface area is 163 Å². The van der Waals surface area contributed by atoms with Crippen molar-refractivity contribution in [3.8, 4) is 0 Å². The molecule has 28 heavy (non-hydrogen) atoms. The molecule has 0 radical (unpaired) electrons. The second-order valence-corrected chi connectivity index (χ2v) is 6.06. The highest BCUT2D eigenvalue weighted by molar-refractivity contribution is 6.03. The fourth-order valence-electron chi connectivity index (χ4n) is 2.77. The van der Waals surface area contributed by atoms with Gasteiger partial charge in [0.2, 0.25) is 0 Å². The van der Waals surface area contributed by atoms with Crippen LogP contribution in [-0.2, 0) is 11.2 Å². The molecule has 0 aliphatic rings. The van der Waals surface area contributed by atoms with E-state index in [1.165, 1.54) is 7.11 Å². The monoisotopic (exact) mass is 375 g/mol. The van der Waals surface area contributed by atoms with Crippen molar-refractivity contribution < 1.29 is 14.3 Å². The van der Waals surface area contributed by atoms with E-state index in [-0.39, 0.29) is 5.91 Å². The average Bonchev–Trinajstić information content (AvgIpc) is 2.74.